The van der Waals surface area contributed by atoms with Gasteiger partial charge >= 0.3 is 5.69 Å². The Labute approximate surface area is 101 Å². The number of nitrogens with zero attached hydrogens (tertiary/aromatic N) is 4. The maximum Gasteiger partial charge on any atom is 0.306 e. The number of nitro groups is 2. The Balaban J connectivity index is 3.01. The highest BCUT2D eigenvalue weighted by Gasteiger charge is 2.28. The van der Waals surface area contributed by atoms with Crippen molar-refractivity contribution >= 4 is 22.4 Å². The number of fused-ring (bicyclic) bond motifs is 1. The minimum absolute atomic E-state index is 0.0237. The number of imidazole rings is 1. The van der Waals surface area contributed by atoms with Crippen LogP contribution in [0.5, 0.6) is 0 Å². The van der Waals surface area contributed by atoms with Crippen molar-refractivity contribution in [2.45, 2.75) is 13.8 Å². The average molecular weight is 250 g/mol. The van der Waals surface area contributed by atoms with Crippen molar-refractivity contribution < 1.29 is 9.85 Å². The molecule has 0 N–H and O–H groups in total. The van der Waals surface area contributed by atoms with Crippen LogP contribution in [0.15, 0.2) is 6.07 Å². The fourth-order valence-corrected chi connectivity index (χ4v) is 1.92. The first-order valence-corrected chi connectivity index (χ1v) is 5.10. The van der Waals surface area contributed by atoms with Crippen LogP contribution in [0.1, 0.15) is 11.4 Å². The number of hydrogen-bond acceptors (Lipinski definition) is 5. The minimum atomic E-state index is -0.628. The lowest BCUT2D eigenvalue weighted by molar-refractivity contribution is -0.394. The summed E-state index contributed by atoms with van der Waals surface area (Å²) >= 11 is 0. The third kappa shape index (κ3) is 1.50. The topological polar surface area (TPSA) is 104 Å². The number of rotatable bonds is 2. The molecule has 1 aromatic heterocycles. The standard InChI is InChI=1S/C10H10N4O4/c1-5-7(13(15)16)4-8-9(10(5)14(17)18)11-6(2)12(8)3/h4H,1-3H3. The van der Waals surface area contributed by atoms with Crippen LogP contribution in [0.2, 0.25) is 0 Å². The fraction of sp³-hybridized carbons (Fsp3) is 0.300. The van der Waals surface area contributed by atoms with Gasteiger partial charge in [0, 0.05) is 13.1 Å². The van der Waals surface area contributed by atoms with Gasteiger partial charge in [0.25, 0.3) is 5.69 Å². The van der Waals surface area contributed by atoms with E-state index in [0.717, 1.165) is 0 Å². The van der Waals surface area contributed by atoms with Crippen molar-refractivity contribution in [1.82, 2.24) is 9.55 Å². The molecule has 0 saturated heterocycles. The van der Waals surface area contributed by atoms with Gasteiger partial charge in [-0.1, -0.05) is 0 Å². The summed E-state index contributed by atoms with van der Waals surface area (Å²) in [5.74, 6) is 0.563. The zero-order chi connectivity index (χ0) is 13.6. The predicted molar refractivity (Wildman–Crippen MR) is 63.5 cm³/mol. The van der Waals surface area contributed by atoms with Gasteiger partial charge in [0.2, 0.25) is 0 Å². The van der Waals surface area contributed by atoms with Crippen LogP contribution in [0.4, 0.5) is 11.4 Å². The molecule has 1 heterocycles. The zero-order valence-corrected chi connectivity index (χ0v) is 10.00. The Morgan fingerprint density at radius 2 is 1.83 bits per heavy atom. The Bertz CT molecular complexity index is 689. The molecule has 2 rings (SSSR count). The smallest absolute Gasteiger partial charge is 0.306 e. The fourth-order valence-electron chi connectivity index (χ4n) is 1.92. The first kappa shape index (κ1) is 12.0. The van der Waals surface area contributed by atoms with Gasteiger partial charge in [0.15, 0.2) is 5.52 Å². The zero-order valence-electron chi connectivity index (χ0n) is 10.00. The lowest BCUT2D eigenvalue weighted by Crippen LogP contribution is -1.99. The highest BCUT2D eigenvalue weighted by Crippen LogP contribution is 2.35. The van der Waals surface area contributed by atoms with Crippen molar-refractivity contribution in [2.24, 2.45) is 7.05 Å². The van der Waals surface area contributed by atoms with Gasteiger partial charge in [-0.05, 0) is 13.8 Å². The highest BCUT2D eigenvalue weighted by atomic mass is 16.6. The summed E-state index contributed by atoms with van der Waals surface area (Å²) < 4.78 is 1.59. The van der Waals surface area contributed by atoms with E-state index in [1.54, 1.807) is 18.5 Å². The molecule has 8 nitrogen and oxygen atoms in total. The van der Waals surface area contributed by atoms with E-state index in [4.69, 9.17) is 0 Å². The summed E-state index contributed by atoms with van der Waals surface area (Å²) in [6.45, 7) is 3.05. The molecule has 0 aliphatic carbocycles. The number of nitro benzene ring substituents is 2. The molecule has 0 unspecified atom stereocenters. The van der Waals surface area contributed by atoms with E-state index in [1.165, 1.54) is 13.0 Å². The molecule has 0 aliphatic heterocycles. The van der Waals surface area contributed by atoms with E-state index < -0.39 is 9.85 Å². The molecule has 94 valence electrons. The van der Waals surface area contributed by atoms with Crippen molar-refractivity contribution in [3.05, 3.63) is 37.7 Å². The van der Waals surface area contributed by atoms with E-state index in [0.29, 0.717) is 11.3 Å². The summed E-state index contributed by atoms with van der Waals surface area (Å²) in [5.41, 5.74) is 0.0234. The van der Waals surface area contributed by atoms with Gasteiger partial charge in [-0.25, -0.2) is 4.98 Å². The quantitative estimate of drug-likeness (QED) is 0.598. The van der Waals surface area contributed by atoms with Crippen LogP contribution >= 0.6 is 0 Å². The lowest BCUT2D eigenvalue weighted by Gasteiger charge is -2.01. The molecule has 0 saturated carbocycles. The normalized spacial score (nSPS) is 10.8. The molecule has 0 atom stereocenters. The van der Waals surface area contributed by atoms with Crippen LogP contribution in [-0.2, 0) is 7.05 Å². The molecule has 0 spiro atoms. The van der Waals surface area contributed by atoms with E-state index in [1.807, 2.05) is 0 Å². The summed E-state index contributed by atoms with van der Waals surface area (Å²) in [5, 5.41) is 22.0. The molecule has 0 aliphatic rings. The van der Waals surface area contributed by atoms with Crippen molar-refractivity contribution in [1.29, 1.82) is 0 Å². The molecule has 18 heavy (non-hydrogen) atoms. The van der Waals surface area contributed by atoms with Gasteiger partial charge < -0.3 is 4.57 Å². The van der Waals surface area contributed by atoms with E-state index in [-0.39, 0.29) is 22.5 Å². The molecule has 8 heteroatoms. The Morgan fingerprint density at radius 3 is 2.33 bits per heavy atom. The van der Waals surface area contributed by atoms with Gasteiger partial charge in [-0.15, -0.1) is 0 Å². The van der Waals surface area contributed by atoms with Crippen LogP contribution in [0, 0.1) is 34.1 Å². The van der Waals surface area contributed by atoms with Crippen LogP contribution in [0.3, 0.4) is 0 Å². The third-order valence-electron chi connectivity index (χ3n) is 2.98. The van der Waals surface area contributed by atoms with Gasteiger partial charge in [0.1, 0.15) is 11.4 Å². The van der Waals surface area contributed by atoms with Crippen molar-refractivity contribution in [3.63, 3.8) is 0 Å². The van der Waals surface area contributed by atoms with Crippen molar-refractivity contribution in [2.75, 3.05) is 0 Å². The van der Waals surface area contributed by atoms with Crippen molar-refractivity contribution in [3.8, 4) is 0 Å². The molecular formula is C10H10N4O4. The second-order valence-electron chi connectivity index (χ2n) is 3.97. The van der Waals surface area contributed by atoms with Gasteiger partial charge in [-0.3, -0.25) is 20.2 Å². The monoisotopic (exact) mass is 250 g/mol. The molecule has 0 fully saturated rings. The second kappa shape index (κ2) is 3.76. The van der Waals surface area contributed by atoms with Crippen LogP contribution in [0.25, 0.3) is 11.0 Å². The molecule has 0 radical (unpaired) electrons. The molecule has 1 aromatic carbocycles. The Hall–Kier alpha value is -2.51. The van der Waals surface area contributed by atoms with Crippen LogP contribution < -0.4 is 0 Å². The summed E-state index contributed by atoms with van der Waals surface area (Å²) in [4.78, 5) is 24.8. The average Bonchev–Trinajstić information content (AvgIpc) is 2.53. The Morgan fingerprint density at radius 1 is 1.22 bits per heavy atom. The maximum atomic E-state index is 11.1. The van der Waals surface area contributed by atoms with Gasteiger partial charge in [0.05, 0.1) is 15.4 Å². The predicted octanol–water partition coefficient (Wildman–Crippen LogP) is 2.01. The minimum Gasteiger partial charge on any atom is -0.331 e. The number of aryl methyl sites for hydroxylation is 2. The van der Waals surface area contributed by atoms with Gasteiger partial charge in [-0.2, -0.15) is 0 Å². The number of hydrogen-bond donors (Lipinski definition) is 0. The van der Waals surface area contributed by atoms with Crippen LogP contribution in [-0.4, -0.2) is 19.4 Å². The molecule has 0 amide bonds. The first-order valence-electron chi connectivity index (χ1n) is 5.10. The second-order valence-corrected chi connectivity index (χ2v) is 3.97. The van der Waals surface area contributed by atoms with E-state index >= 15 is 0 Å². The highest BCUT2D eigenvalue weighted by molar-refractivity contribution is 5.90. The summed E-state index contributed by atoms with van der Waals surface area (Å²) in [6.07, 6.45) is 0. The lowest BCUT2D eigenvalue weighted by atomic mass is 10.1. The number of aromatic nitrogens is 2. The van der Waals surface area contributed by atoms with E-state index in [2.05, 4.69) is 4.98 Å². The molecule has 2 aromatic rings. The molecular weight excluding hydrogens is 240 g/mol. The molecule has 0 bridgehead atoms. The SMILES string of the molecule is Cc1c([N+](=O)[O-])cc2c(nc(C)n2C)c1[N+](=O)[O-]. The third-order valence-corrected chi connectivity index (χ3v) is 2.98. The van der Waals surface area contributed by atoms with E-state index in [9.17, 15) is 20.2 Å². The maximum absolute atomic E-state index is 11.1. The number of benzene rings is 1. The summed E-state index contributed by atoms with van der Waals surface area (Å²) in [7, 11) is 1.66. The summed E-state index contributed by atoms with van der Waals surface area (Å²) in [6, 6.07) is 1.32. The Kier molecular flexibility index (Phi) is 2.50. The first-order chi connectivity index (χ1) is 8.34. The largest absolute Gasteiger partial charge is 0.331 e.